The van der Waals surface area contributed by atoms with Crippen molar-refractivity contribution in [3.63, 3.8) is 0 Å². The fraction of sp³-hybridized carbons (Fsp3) is 0.333. The molecule has 0 aliphatic heterocycles. The fourth-order valence-electron chi connectivity index (χ4n) is 3.02. The maximum atomic E-state index is 12.7. The van der Waals surface area contributed by atoms with Crippen molar-refractivity contribution in [3.05, 3.63) is 64.7 Å². The first-order valence-corrected chi connectivity index (χ1v) is 9.39. The van der Waals surface area contributed by atoms with Gasteiger partial charge in [-0.05, 0) is 35.8 Å². The molecule has 154 valence electrons. The maximum Gasteiger partial charge on any atom is 0.253 e. The number of carbonyl (C=O) groups is 2. The van der Waals surface area contributed by atoms with Crippen LogP contribution in [0.25, 0.3) is 6.08 Å². The fourth-order valence-corrected chi connectivity index (χ4v) is 3.02. The summed E-state index contributed by atoms with van der Waals surface area (Å²) < 4.78 is 11.1. The first-order chi connectivity index (χ1) is 13.6. The van der Waals surface area contributed by atoms with E-state index in [9.17, 15) is 9.59 Å². The maximum absolute atomic E-state index is 12.7. The summed E-state index contributed by atoms with van der Waals surface area (Å²) in [7, 11) is 6.59. The number of rotatable bonds is 6. The van der Waals surface area contributed by atoms with Crippen LogP contribution in [-0.4, -0.2) is 44.9 Å². The Morgan fingerprint density at radius 2 is 1.48 bits per heavy atom. The molecular formula is C24H29NO4. The first kappa shape index (κ1) is 22.2. The minimum atomic E-state index is -0.167. The van der Waals surface area contributed by atoms with Crippen LogP contribution in [0.4, 0.5) is 0 Å². The molecule has 0 bridgehead atoms. The molecule has 0 aliphatic rings. The largest absolute Gasteiger partial charge is 0.496 e. The Morgan fingerprint density at radius 3 is 1.97 bits per heavy atom. The molecule has 5 heteroatoms. The highest BCUT2D eigenvalue weighted by molar-refractivity contribution is 6.07. The Labute approximate surface area is 172 Å². The molecule has 2 aromatic carbocycles. The molecule has 0 aliphatic carbocycles. The third-order valence-corrected chi connectivity index (χ3v) is 4.61. The van der Waals surface area contributed by atoms with Gasteiger partial charge < -0.3 is 14.4 Å². The summed E-state index contributed by atoms with van der Waals surface area (Å²) in [5.74, 6) is 1.05. The second-order valence-electron chi connectivity index (χ2n) is 7.99. The van der Waals surface area contributed by atoms with E-state index in [1.54, 1.807) is 58.7 Å². The zero-order valence-corrected chi connectivity index (χ0v) is 18.2. The zero-order valence-electron chi connectivity index (χ0n) is 18.2. The van der Waals surface area contributed by atoms with Gasteiger partial charge in [0.15, 0.2) is 5.78 Å². The van der Waals surface area contributed by atoms with Crippen molar-refractivity contribution in [2.75, 3.05) is 28.3 Å². The van der Waals surface area contributed by atoms with Gasteiger partial charge in [-0.3, -0.25) is 9.59 Å². The van der Waals surface area contributed by atoms with E-state index in [2.05, 4.69) is 20.8 Å². The first-order valence-electron chi connectivity index (χ1n) is 9.39. The van der Waals surface area contributed by atoms with E-state index in [1.807, 2.05) is 12.1 Å². The Bertz CT molecular complexity index is 919. The van der Waals surface area contributed by atoms with Gasteiger partial charge in [0, 0.05) is 30.8 Å². The predicted octanol–water partition coefficient (Wildman–Crippen LogP) is 4.60. The van der Waals surface area contributed by atoms with Crippen LogP contribution >= 0.6 is 0 Å². The summed E-state index contributed by atoms with van der Waals surface area (Å²) in [5, 5.41) is 0. The van der Waals surface area contributed by atoms with Gasteiger partial charge in [0.25, 0.3) is 5.91 Å². The number of methoxy groups -OCH3 is 2. The summed E-state index contributed by atoms with van der Waals surface area (Å²) in [4.78, 5) is 26.1. The van der Waals surface area contributed by atoms with E-state index in [4.69, 9.17) is 9.47 Å². The lowest BCUT2D eigenvalue weighted by Crippen LogP contribution is -2.21. The summed E-state index contributed by atoms with van der Waals surface area (Å²) >= 11 is 0. The average molecular weight is 395 g/mol. The third kappa shape index (κ3) is 5.05. The van der Waals surface area contributed by atoms with Crippen LogP contribution in [-0.2, 0) is 5.41 Å². The highest BCUT2D eigenvalue weighted by atomic mass is 16.5. The summed E-state index contributed by atoms with van der Waals surface area (Å²) in [6.45, 7) is 6.31. The lowest BCUT2D eigenvalue weighted by Gasteiger charge is -2.24. The van der Waals surface area contributed by atoms with Gasteiger partial charge in [-0.25, -0.2) is 0 Å². The van der Waals surface area contributed by atoms with Gasteiger partial charge in [0.05, 0.1) is 19.8 Å². The lowest BCUT2D eigenvalue weighted by atomic mass is 9.85. The molecule has 2 rings (SSSR count). The van der Waals surface area contributed by atoms with Crippen molar-refractivity contribution in [2.24, 2.45) is 0 Å². The smallest absolute Gasteiger partial charge is 0.253 e. The number of benzene rings is 2. The Morgan fingerprint density at radius 1 is 0.897 bits per heavy atom. The SMILES string of the molecule is COc1ccc(C(C)(C)C)c(OC)c1C=CC(=O)c1ccc(C(=O)N(C)C)cc1. The number of hydrogen-bond donors (Lipinski definition) is 0. The van der Waals surface area contributed by atoms with Crippen molar-refractivity contribution in [1.82, 2.24) is 4.90 Å². The van der Waals surface area contributed by atoms with E-state index in [-0.39, 0.29) is 17.1 Å². The van der Waals surface area contributed by atoms with E-state index >= 15 is 0 Å². The minimum absolute atomic E-state index is 0.104. The van der Waals surface area contributed by atoms with Crippen molar-refractivity contribution >= 4 is 17.8 Å². The van der Waals surface area contributed by atoms with Crippen LogP contribution in [0.3, 0.4) is 0 Å². The predicted molar refractivity (Wildman–Crippen MR) is 116 cm³/mol. The number of allylic oxidation sites excluding steroid dienone is 1. The topological polar surface area (TPSA) is 55.8 Å². The van der Waals surface area contributed by atoms with Crippen LogP contribution in [0.1, 0.15) is 52.6 Å². The highest BCUT2D eigenvalue weighted by Gasteiger charge is 2.22. The van der Waals surface area contributed by atoms with Crippen molar-refractivity contribution < 1.29 is 19.1 Å². The summed E-state index contributed by atoms with van der Waals surface area (Å²) in [6, 6.07) is 10.5. The monoisotopic (exact) mass is 395 g/mol. The molecule has 1 amide bonds. The van der Waals surface area contributed by atoms with Crippen molar-refractivity contribution in [1.29, 1.82) is 0 Å². The Balaban J connectivity index is 2.38. The molecule has 0 radical (unpaired) electrons. The number of carbonyl (C=O) groups excluding carboxylic acids is 2. The van der Waals surface area contributed by atoms with Crippen molar-refractivity contribution in [2.45, 2.75) is 26.2 Å². The van der Waals surface area contributed by atoms with Crippen LogP contribution in [0.5, 0.6) is 11.5 Å². The Hall–Kier alpha value is -3.08. The second-order valence-corrected chi connectivity index (χ2v) is 7.99. The third-order valence-electron chi connectivity index (χ3n) is 4.61. The number of nitrogens with zero attached hydrogens (tertiary/aromatic N) is 1. The molecule has 29 heavy (non-hydrogen) atoms. The second kappa shape index (κ2) is 8.95. The molecule has 0 atom stereocenters. The quantitative estimate of drug-likeness (QED) is 0.530. The van der Waals surface area contributed by atoms with Crippen LogP contribution < -0.4 is 9.47 Å². The van der Waals surface area contributed by atoms with E-state index in [0.717, 1.165) is 11.1 Å². The molecule has 5 nitrogen and oxygen atoms in total. The van der Waals surface area contributed by atoms with E-state index in [1.165, 1.54) is 11.0 Å². The lowest BCUT2D eigenvalue weighted by molar-refractivity contribution is 0.0827. The minimum Gasteiger partial charge on any atom is -0.496 e. The van der Waals surface area contributed by atoms with Crippen LogP contribution in [0.15, 0.2) is 42.5 Å². The standard InChI is InChI=1S/C24H29NO4/c1-24(2,3)19-13-15-21(28-6)18(22(19)29-7)12-14-20(26)16-8-10-17(11-9-16)23(27)25(4)5/h8-15H,1-7H3. The van der Waals surface area contributed by atoms with E-state index in [0.29, 0.717) is 22.6 Å². The van der Waals surface area contributed by atoms with Crippen LogP contribution in [0.2, 0.25) is 0 Å². The Kier molecular flexibility index (Phi) is 6.85. The molecule has 0 heterocycles. The van der Waals surface area contributed by atoms with Gasteiger partial charge in [0.1, 0.15) is 11.5 Å². The van der Waals surface area contributed by atoms with Gasteiger partial charge in [-0.15, -0.1) is 0 Å². The van der Waals surface area contributed by atoms with Gasteiger partial charge in [-0.2, -0.15) is 0 Å². The highest BCUT2D eigenvalue weighted by Crippen LogP contribution is 2.39. The average Bonchev–Trinajstić information content (AvgIpc) is 2.69. The molecule has 0 aromatic heterocycles. The molecule has 0 fully saturated rings. The van der Waals surface area contributed by atoms with Gasteiger partial charge in [0.2, 0.25) is 0 Å². The van der Waals surface area contributed by atoms with Crippen LogP contribution in [0, 0.1) is 0 Å². The summed E-state index contributed by atoms with van der Waals surface area (Å²) in [5.41, 5.74) is 2.66. The molecule has 2 aromatic rings. The number of ketones is 1. The molecule has 0 unspecified atom stereocenters. The van der Waals surface area contributed by atoms with E-state index < -0.39 is 0 Å². The molecule has 0 spiro atoms. The van der Waals surface area contributed by atoms with Gasteiger partial charge >= 0.3 is 0 Å². The number of hydrogen-bond acceptors (Lipinski definition) is 4. The molecular weight excluding hydrogens is 366 g/mol. The number of amides is 1. The van der Waals surface area contributed by atoms with Gasteiger partial charge in [-0.1, -0.05) is 39.0 Å². The summed E-state index contributed by atoms with van der Waals surface area (Å²) in [6.07, 6.45) is 3.21. The molecule has 0 saturated carbocycles. The normalized spacial score (nSPS) is 11.4. The molecule has 0 N–H and O–H groups in total. The van der Waals surface area contributed by atoms with Crippen molar-refractivity contribution in [3.8, 4) is 11.5 Å². The zero-order chi connectivity index (χ0) is 21.8. The number of ether oxygens (including phenoxy) is 2. The molecule has 0 saturated heterocycles.